The van der Waals surface area contributed by atoms with Crippen LogP contribution in [0.15, 0.2) is 48.5 Å². The number of nitrogens with zero attached hydrogens (tertiary/aromatic N) is 2. The molecule has 1 amide bonds. The fourth-order valence-corrected chi connectivity index (χ4v) is 3.92. The Kier molecular flexibility index (Phi) is 6.35. The smallest absolute Gasteiger partial charge is 0.222 e. The minimum absolute atomic E-state index is 0.0541. The lowest BCUT2D eigenvalue weighted by Gasteiger charge is -2.16. The van der Waals surface area contributed by atoms with E-state index in [4.69, 9.17) is 0 Å². The van der Waals surface area contributed by atoms with E-state index >= 15 is 0 Å². The van der Waals surface area contributed by atoms with Crippen LogP contribution in [0, 0.1) is 18.6 Å². The molecule has 3 aromatic rings. The van der Waals surface area contributed by atoms with Gasteiger partial charge in [-0.3, -0.25) is 4.79 Å². The van der Waals surface area contributed by atoms with Crippen LogP contribution in [0.3, 0.4) is 0 Å². The molecule has 1 saturated heterocycles. The van der Waals surface area contributed by atoms with Gasteiger partial charge < -0.3 is 15.3 Å². The average molecular weight is 437 g/mol. The van der Waals surface area contributed by atoms with Crippen molar-refractivity contribution in [2.24, 2.45) is 0 Å². The molecule has 7 heteroatoms. The van der Waals surface area contributed by atoms with Gasteiger partial charge in [-0.1, -0.05) is 23.8 Å². The Balaban J connectivity index is 1.63. The highest BCUT2D eigenvalue weighted by Gasteiger charge is 2.19. The molecule has 32 heavy (non-hydrogen) atoms. The first-order valence-electron chi connectivity index (χ1n) is 10.7. The molecule has 5 nitrogen and oxygen atoms in total. The van der Waals surface area contributed by atoms with Gasteiger partial charge in [0, 0.05) is 37.2 Å². The normalized spacial score (nSPS) is 13.6. The number of aryl methyl sites for hydroxylation is 1. The van der Waals surface area contributed by atoms with E-state index in [2.05, 4.69) is 10.3 Å². The number of carbonyl (C=O) groups is 1. The number of phenolic OH excluding ortho intramolecular Hbond substituents is 1. The van der Waals surface area contributed by atoms with E-state index in [0.717, 1.165) is 31.0 Å². The standard InChI is InChI=1S/C25H25F2N3O2/c1-16-8-9-22(31)19(13-16)21-14-17(18-5-2-6-20(26)25(18)27)15-23(29-21)28-10-4-12-30-11-3-7-24(30)32/h2,5-6,8-9,13-15,31H,3-4,7,10-12H2,1H3,(H,28,29). The molecule has 166 valence electrons. The van der Waals surface area contributed by atoms with Crippen LogP contribution < -0.4 is 5.32 Å². The van der Waals surface area contributed by atoms with Crippen LogP contribution in [0.5, 0.6) is 5.75 Å². The molecular formula is C25H25F2N3O2. The first-order chi connectivity index (χ1) is 15.4. The van der Waals surface area contributed by atoms with Crippen molar-refractivity contribution in [3.63, 3.8) is 0 Å². The van der Waals surface area contributed by atoms with Crippen molar-refractivity contribution in [1.29, 1.82) is 0 Å². The first-order valence-corrected chi connectivity index (χ1v) is 10.7. The molecule has 1 fully saturated rings. The number of aromatic nitrogens is 1. The van der Waals surface area contributed by atoms with Gasteiger partial charge in [0.05, 0.1) is 5.69 Å². The zero-order valence-corrected chi connectivity index (χ0v) is 17.9. The Morgan fingerprint density at radius 3 is 2.75 bits per heavy atom. The summed E-state index contributed by atoms with van der Waals surface area (Å²) in [6, 6.07) is 12.5. The van der Waals surface area contributed by atoms with Crippen molar-refractivity contribution in [1.82, 2.24) is 9.88 Å². The van der Waals surface area contributed by atoms with Crippen molar-refractivity contribution in [2.45, 2.75) is 26.2 Å². The number of likely N-dealkylation sites (tertiary alicyclic amines) is 1. The van der Waals surface area contributed by atoms with Gasteiger partial charge in [0.25, 0.3) is 0 Å². The van der Waals surface area contributed by atoms with Gasteiger partial charge in [0.15, 0.2) is 11.6 Å². The van der Waals surface area contributed by atoms with E-state index in [-0.39, 0.29) is 17.2 Å². The Morgan fingerprint density at radius 1 is 1.12 bits per heavy atom. The zero-order chi connectivity index (χ0) is 22.7. The maximum atomic E-state index is 14.5. The third kappa shape index (κ3) is 4.72. The molecule has 0 bridgehead atoms. The summed E-state index contributed by atoms with van der Waals surface area (Å²) in [5.74, 6) is -1.14. The third-order valence-electron chi connectivity index (χ3n) is 5.60. The average Bonchev–Trinajstić information content (AvgIpc) is 3.19. The van der Waals surface area contributed by atoms with Crippen molar-refractivity contribution >= 4 is 11.7 Å². The third-order valence-corrected chi connectivity index (χ3v) is 5.60. The number of pyridine rings is 1. The first kappa shape index (κ1) is 21.7. The van der Waals surface area contributed by atoms with E-state index < -0.39 is 11.6 Å². The summed E-state index contributed by atoms with van der Waals surface area (Å²) >= 11 is 0. The van der Waals surface area contributed by atoms with Crippen molar-refractivity contribution < 1.29 is 18.7 Å². The van der Waals surface area contributed by atoms with E-state index in [1.165, 1.54) is 12.1 Å². The van der Waals surface area contributed by atoms with E-state index in [1.807, 2.05) is 11.8 Å². The van der Waals surface area contributed by atoms with Crippen molar-refractivity contribution in [2.75, 3.05) is 25.0 Å². The van der Waals surface area contributed by atoms with Gasteiger partial charge in [-0.15, -0.1) is 0 Å². The largest absolute Gasteiger partial charge is 0.507 e. The number of carbonyl (C=O) groups excluding carboxylic acids is 1. The number of hydrogen-bond acceptors (Lipinski definition) is 4. The molecule has 0 aliphatic carbocycles. The number of nitrogens with one attached hydrogen (secondary N) is 1. The highest BCUT2D eigenvalue weighted by Crippen LogP contribution is 2.34. The lowest BCUT2D eigenvalue weighted by molar-refractivity contribution is -0.127. The van der Waals surface area contributed by atoms with Crippen LogP contribution in [-0.4, -0.2) is 40.5 Å². The number of amides is 1. The molecule has 1 aromatic heterocycles. The fourth-order valence-electron chi connectivity index (χ4n) is 3.92. The van der Waals surface area contributed by atoms with Gasteiger partial charge in [0.1, 0.15) is 11.6 Å². The number of hydrogen-bond donors (Lipinski definition) is 2. The molecule has 0 unspecified atom stereocenters. The van der Waals surface area contributed by atoms with Crippen molar-refractivity contribution in [3.8, 4) is 28.1 Å². The summed E-state index contributed by atoms with van der Waals surface area (Å²) < 4.78 is 28.4. The van der Waals surface area contributed by atoms with E-state index in [1.54, 1.807) is 30.3 Å². The van der Waals surface area contributed by atoms with Gasteiger partial charge in [-0.2, -0.15) is 0 Å². The van der Waals surface area contributed by atoms with Crippen LogP contribution in [0.1, 0.15) is 24.8 Å². The maximum absolute atomic E-state index is 14.5. The molecule has 2 aromatic carbocycles. The van der Waals surface area contributed by atoms with Gasteiger partial charge in [0.2, 0.25) is 5.91 Å². The topological polar surface area (TPSA) is 65.5 Å². The van der Waals surface area contributed by atoms with Gasteiger partial charge in [-0.25, -0.2) is 13.8 Å². The Hall–Kier alpha value is -3.48. The molecule has 0 spiro atoms. The second-order valence-electron chi connectivity index (χ2n) is 8.01. The summed E-state index contributed by atoms with van der Waals surface area (Å²) in [6.45, 7) is 3.92. The van der Waals surface area contributed by atoms with Crippen LogP contribution in [-0.2, 0) is 4.79 Å². The number of rotatable bonds is 7. The lowest BCUT2D eigenvalue weighted by Crippen LogP contribution is -2.27. The van der Waals surface area contributed by atoms with Gasteiger partial charge >= 0.3 is 0 Å². The van der Waals surface area contributed by atoms with Crippen LogP contribution in [0.25, 0.3) is 22.4 Å². The number of aromatic hydroxyl groups is 1. The Morgan fingerprint density at radius 2 is 1.97 bits per heavy atom. The molecule has 0 radical (unpaired) electrons. The molecule has 1 aliphatic rings. The molecule has 0 atom stereocenters. The summed E-state index contributed by atoms with van der Waals surface area (Å²) in [4.78, 5) is 18.2. The molecular weight excluding hydrogens is 412 g/mol. The molecule has 4 rings (SSSR count). The van der Waals surface area contributed by atoms with E-state index in [9.17, 15) is 18.7 Å². The number of anilines is 1. The maximum Gasteiger partial charge on any atom is 0.222 e. The highest BCUT2D eigenvalue weighted by atomic mass is 19.2. The molecule has 1 aliphatic heterocycles. The van der Waals surface area contributed by atoms with Gasteiger partial charge in [-0.05, 0) is 55.7 Å². The summed E-state index contributed by atoms with van der Waals surface area (Å²) in [5, 5.41) is 13.6. The van der Waals surface area contributed by atoms with Crippen LogP contribution in [0.4, 0.5) is 14.6 Å². The zero-order valence-electron chi connectivity index (χ0n) is 17.9. The van der Waals surface area contributed by atoms with Crippen molar-refractivity contribution in [3.05, 3.63) is 65.7 Å². The second kappa shape index (κ2) is 9.34. The monoisotopic (exact) mass is 437 g/mol. The molecule has 2 heterocycles. The van der Waals surface area contributed by atoms with E-state index in [0.29, 0.717) is 42.1 Å². The quantitative estimate of drug-likeness (QED) is 0.503. The minimum atomic E-state index is -0.934. The Bertz CT molecular complexity index is 1130. The molecule has 2 N–H and O–H groups in total. The number of halogens is 2. The predicted octanol–water partition coefficient (Wildman–Crippen LogP) is 5.13. The predicted molar refractivity (Wildman–Crippen MR) is 120 cm³/mol. The summed E-state index contributed by atoms with van der Waals surface area (Å²) in [7, 11) is 0. The SMILES string of the molecule is Cc1ccc(O)c(-c2cc(-c3cccc(F)c3F)cc(NCCCN3CCCC3=O)n2)c1. The van der Waals surface area contributed by atoms with Crippen LogP contribution in [0.2, 0.25) is 0 Å². The summed E-state index contributed by atoms with van der Waals surface area (Å²) in [6.07, 6.45) is 2.25. The van der Waals surface area contributed by atoms with Crippen LogP contribution >= 0.6 is 0 Å². The minimum Gasteiger partial charge on any atom is -0.507 e. The lowest BCUT2D eigenvalue weighted by atomic mass is 10.0. The Labute approximate surface area is 185 Å². The highest BCUT2D eigenvalue weighted by molar-refractivity contribution is 5.78. The number of phenols is 1. The second-order valence-corrected chi connectivity index (χ2v) is 8.01. The fraction of sp³-hybridized carbons (Fsp3) is 0.280. The molecule has 0 saturated carbocycles. The number of benzene rings is 2. The summed E-state index contributed by atoms with van der Waals surface area (Å²) in [5.41, 5.74) is 2.46.